The Morgan fingerprint density at radius 2 is 2.00 bits per heavy atom. The maximum Gasteiger partial charge on any atom is 0.137 e. The van der Waals surface area contributed by atoms with Crippen LogP contribution in [0.2, 0.25) is 5.15 Å². The van der Waals surface area contributed by atoms with Crippen LogP contribution < -0.4 is 4.90 Å². The molecule has 0 radical (unpaired) electrons. The molecule has 2 aromatic rings. The number of hydrogen-bond donors (Lipinski definition) is 0. The average molecular weight is 276 g/mol. The minimum Gasteiger partial charge on any atom is -0.329 e. The summed E-state index contributed by atoms with van der Waals surface area (Å²) in [5, 5.41) is 0.493. The molecule has 19 heavy (non-hydrogen) atoms. The lowest BCUT2D eigenvalue weighted by Gasteiger charge is -2.19. The van der Waals surface area contributed by atoms with E-state index in [9.17, 15) is 0 Å². The molecule has 2 rings (SSSR count). The molecule has 0 aliphatic heterocycles. The van der Waals surface area contributed by atoms with E-state index in [0.29, 0.717) is 5.15 Å². The largest absolute Gasteiger partial charge is 0.329 e. The molecule has 1 aromatic carbocycles. The minimum atomic E-state index is 0.493. The first-order valence-electron chi connectivity index (χ1n) is 6.44. The maximum atomic E-state index is 6.07. The molecule has 3 nitrogen and oxygen atoms in total. The molecule has 1 aromatic heterocycles. The Kier molecular flexibility index (Phi) is 4.38. The summed E-state index contributed by atoms with van der Waals surface area (Å²) in [5.41, 5.74) is 2.32. The Morgan fingerprint density at radius 1 is 1.21 bits per heavy atom. The Balaban J connectivity index is 2.35. The van der Waals surface area contributed by atoms with Crippen LogP contribution in [0.15, 0.2) is 30.3 Å². The van der Waals surface area contributed by atoms with Crippen molar-refractivity contribution >= 4 is 23.1 Å². The summed E-state index contributed by atoms with van der Waals surface area (Å²) in [4.78, 5) is 10.8. The Bertz CT molecular complexity index is 569. The van der Waals surface area contributed by atoms with Gasteiger partial charge in [-0.25, -0.2) is 9.97 Å². The first kappa shape index (κ1) is 13.8. The lowest BCUT2D eigenvalue weighted by atomic mass is 10.2. The number of rotatable bonds is 4. The zero-order valence-corrected chi connectivity index (χ0v) is 12.3. The van der Waals surface area contributed by atoms with Crippen molar-refractivity contribution in [1.29, 1.82) is 0 Å². The molecule has 0 fully saturated rings. The summed E-state index contributed by atoms with van der Waals surface area (Å²) in [7, 11) is 1.99. The molecule has 0 bridgehead atoms. The second kappa shape index (κ2) is 6.02. The normalized spacial score (nSPS) is 10.5. The summed E-state index contributed by atoms with van der Waals surface area (Å²) < 4.78 is 0. The van der Waals surface area contributed by atoms with Crippen LogP contribution in [0.3, 0.4) is 0 Å². The summed E-state index contributed by atoms with van der Waals surface area (Å²) in [6.45, 7) is 4.18. The molecular formula is C15H18ClN3. The van der Waals surface area contributed by atoms with Gasteiger partial charge in [0.25, 0.3) is 0 Å². The van der Waals surface area contributed by atoms with E-state index in [1.165, 1.54) is 5.56 Å². The van der Waals surface area contributed by atoms with Crippen molar-refractivity contribution in [3.63, 3.8) is 0 Å². The van der Waals surface area contributed by atoms with E-state index in [1.54, 1.807) is 6.07 Å². The highest BCUT2D eigenvalue weighted by Gasteiger charge is 2.09. The van der Waals surface area contributed by atoms with E-state index in [0.717, 1.165) is 30.2 Å². The minimum absolute atomic E-state index is 0.493. The molecule has 0 aliphatic rings. The van der Waals surface area contributed by atoms with Gasteiger partial charge >= 0.3 is 0 Å². The maximum absolute atomic E-state index is 6.07. The van der Waals surface area contributed by atoms with Gasteiger partial charge in [-0.05, 0) is 31.0 Å². The van der Waals surface area contributed by atoms with Gasteiger partial charge in [-0.1, -0.05) is 30.7 Å². The van der Waals surface area contributed by atoms with Crippen LogP contribution in [0.25, 0.3) is 0 Å². The molecule has 0 saturated carbocycles. The first-order chi connectivity index (χ1) is 9.10. The van der Waals surface area contributed by atoms with Crippen molar-refractivity contribution in [3.05, 3.63) is 46.9 Å². The molecule has 0 N–H and O–H groups in total. The quantitative estimate of drug-likeness (QED) is 0.785. The summed E-state index contributed by atoms with van der Waals surface area (Å²) in [6, 6.07) is 10.1. The van der Waals surface area contributed by atoms with Crippen LogP contribution in [0.1, 0.15) is 24.7 Å². The van der Waals surface area contributed by atoms with Gasteiger partial charge in [-0.3, -0.25) is 0 Å². The average Bonchev–Trinajstić information content (AvgIpc) is 2.37. The topological polar surface area (TPSA) is 29.0 Å². The molecule has 0 spiro atoms. The molecule has 0 amide bonds. The number of nitrogens with zero attached hydrogens (tertiary/aromatic N) is 3. The van der Waals surface area contributed by atoms with Crippen LogP contribution in [0.5, 0.6) is 0 Å². The Morgan fingerprint density at radius 3 is 2.68 bits per heavy atom. The fourth-order valence-electron chi connectivity index (χ4n) is 1.93. The first-order valence-corrected chi connectivity index (χ1v) is 6.82. The monoisotopic (exact) mass is 275 g/mol. The SMILES string of the molecule is CCCc1nc(Cl)cc(N(C)c2cccc(C)c2)n1. The predicted molar refractivity (Wildman–Crippen MR) is 80.3 cm³/mol. The van der Waals surface area contributed by atoms with Crippen LogP contribution in [0.4, 0.5) is 11.5 Å². The van der Waals surface area contributed by atoms with E-state index in [1.807, 2.05) is 18.0 Å². The molecule has 0 aliphatic carbocycles. The molecule has 0 atom stereocenters. The lowest BCUT2D eigenvalue weighted by Crippen LogP contribution is -2.13. The van der Waals surface area contributed by atoms with Crippen molar-refractivity contribution in [3.8, 4) is 0 Å². The van der Waals surface area contributed by atoms with Crippen LogP contribution in [0, 0.1) is 6.92 Å². The molecule has 1 heterocycles. The highest BCUT2D eigenvalue weighted by atomic mass is 35.5. The Hall–Kier alpha value is -1.61. The van der Waals surface area contributed by atoms with E-state index in [2.05, 4.69) is 42.0 Å². The van der Waals surface area contributed by atoms with E-state index in [4.69, 9.17) is 11.6 Å². The molecule has 0 saturated heterocycles. The Labute approximate surface area is 119 Å². The third-order valence-electron chi connectivity index (χ3n) is 2.93. The zero-order chi connectivity index (χ0) is 13.8. The van der Waals surface area contributed by atoms with Gasteiger partial charge in [0.05, 0.1) is 0 Å². The van der Waals surface area contributed by atoms with E-state index >= 15 is 0 Å². The third-order valence-corrected chi connectivity index (χ3v) is 3.13. The summed E-state index contributed by atoms with van der Waals surface area (Å²) in [6.07, 6.45) is 1.85. The van der Waals surface area contributed by atoms with Crippen molar-refractivity contribution in [1.82, 2.24) is 9.97 Å². The number of aryl methyl sites for hydroxylation is 2. The number of halogens is 1. The fourth-order valence-corrected chi connectivity index (χ4v) is 2.12. The predicted octanol–water partition coefficient (Wildman–Crippen LogP) is 4.16. The van der Waals surface area contributed by atoms with Gasteiger partial charge in [-0.2, -0.15) is 0 Å². The third kappa shape index (κ3) is 3.44. The number of aromatic nitrogens is 2. The van der Waals surface area contributed by atoms with Gasteiger partial charge in [0.2, 0.25) is 0 Å². The van der Waals surface area contributed by atoms with E-state index < -0.39 is 0 Å². The zero-order valence-electron chi connectivity index (χ0n) is 11.5. The molecular weight excluding hydrogens is 258 g/mol. The van der Waals surface area contributed by atoms with Crippen molar-refractivity contribution in [2.75, 3.05) is 11.9 Å². The molecule has 0 unspecified atom stereocenters. The smallest absolute Gasteiger partial charge is 0.137 e. The number of hydrogen-bond acceptors (Lipinski definition) is 3. The van der Waals surface area contributed by atoms with Gasteiger partial charge in [0, 0.05) is 25.2 Å². The van der Waals surface area contributed by atoms with Gasteiger partial charge in [0.15, 0.2) is 0 Å². The van der Waals surface area contributed by atoms with Crippen molar-refractivity contribution < 1.29 is 0 Å². The highest BCUT2D eigenvalue weighted by Crippen LogP contribution is 2.24. The highest BCUT2D eigenvalue weighted by molar-refractivity contribution is 6.29. The second-order valence-corrected chi connectivity index (χ2v) is 5.00. The fraction of sp³-hybridized carbons (Fsp3) is 0.333. The van der Waals surface area contributed by atoms with Gasteiger partial charge < -0.3 is 4.90 Å². The van der Waals surface area contributed by atoms with Crippen LogP contribution >= 0.6 is 11.6 Å². The lowest BCUT2D eigenvalue weighted by molar-refractivity contribution is 0.831. The summed E-state index contributed by atoms with van der Waals surface area (Å²) >= 11 is 6.07. The van der Waals surface area contributed by atoms with Gasteiger partial charge in [-0.15, -0.1) is 0 Å². The summed E-state index contributed by atoms with van der Waals surface area (Å²) in [5.74, 6) is 1.62. The number of anilines is 2. The standard InChI is InChI=1S/C15H18ClN3/c1-4-6-14-17-13(16)10-15(18-14)19(3)12-8-5-7-11(2)9-12/h5,7-10H,4,6H2,1-3H3. The van der Waals surface area contributed by atoms with Crippen molar-refractivity contribution in [2.45, 2.75) is 26.7 Å². The molecule has 4 heteroatoms. The van der Waals surface area contributed by atoms with Crippen molar-refractivity contribution in [2.24, 2.45) is 0 Å². The van der Waals surface area contributed by atoms with Gasteiger partial charge in [0.1, 0.15) is 16.8 Å². The number of benzene rings is 1. The second-order valence-electron chi connectivity index (χ2n) is 4.61. The molecule has 100 valence electrons. The van der Waals surface area contributed by atoms with Crippen LogP contribution in [-0.4, -0.2) is 17.0 Å². The van der Waals surface area contributed by atoms with E-state index in [-0.39, 0.29) is 0 Å². The van der Waals surface area contributed by atoms with Crippen LogP contribution in [-0.2, 0) is 6.42 Å².